The Bertz CT molecular complexity index is 450. The maximum absolute atomic E-state index is 11.4. The first kappa shape index (κ1) is 13.9. The fourth-order valence-corrected chi connectivity index (χ4v) is 3.53. The average molecular weight is 269 g/mol. The van der Waals surface area contributed by atoms with E-state index in [2.05, 4.69) is 5.32 Å². The third-order valence-electron chi connectivity index (χ3n) is 3.05. The van der Waals surface area contributed by atoms with Crippen LogP contribution in [0.1, 0.15) is 20.3 Å². The minimum atomic E-state index is -3.13. The number of sulfone groups is 2. The van der Waals surface area contributed by atoms with Crippen molar-refractivity contribution in [3.63, 3.8) is 0 Å². The van der Waals surface area contributed by atoms with Crippen LogP contribution in [-0.2, 0) is 19.7 Å². The molecule has 0 aromatic carbocycles. The van der Waals surface area contributed by atoms with Gasteiger partial charge in [0.15, 0.2) is 19.7 Å². The largest absolute Gasteiger partial charge is 0.311 e. The molecule has 0 aromatic heterocycles. The molecule has 5 nitrogen and oxygen atoms in total. The van der Waals surface area contributed by atoms with E-state index in [1.807, 2.05) is 0 Å². The van der Waals surface area contributed by atoms with Gasteiger partial charge in [-0.1, -0.05) is 0 Å². The number of hydrogen-bond donors (Lipinski definition) is 1. The summed E-state index contributed by atoms with van der Waals surface area (Å²) in [5.74, 6) is 0.316. The molecular weight excluding hydrogens is 250 g/mol. The molecule has 1 heterocycles. The first-order valence-corrected chi connectivity index (χ1v) is 8.88. The smallest absolute Gasteiger partial charge is 0.153 e. The fourth-order valence-electron chi connectivity index (χ4n) is 1.48. The average Bonchev–Trinajstić information content (AvgIpc) is 2.40. The molecule has 0 saturated carbocycles. The molecule has 0 amide bonds. The molecule has 1 N–H and O–H groups in total. The Morgan fingerprint density at radius 2 is 1.94 bits per heavy atom. The predicted octanol–water partition coefficient (Wildman–Crippen LogP) is -0.414. The van der Waals surface area contributed by atoms with Crippen LogP contribution in [0.5, 0.6) is 0 Å². The van der Waals surface area contributed by atoms with Crippen LogP contribution in [0, 0.1) is 0 Å². The SMILES string of the molecule is CC(C)(CNC1CCS(=O)(=O)C1)S(C)(=O)=O. The van der Waals surface area contributed by atoms with E-state index in [9.17, 15) is 16.8 Å². The Balaban J connectivity index is 2.54. The van der Waals surface area contributed by atoms with Crippen LogP contribution in [0.2, 0.25) is 0 Å². The van der Waals surface area contributed by atoms with Gasteiger partial charge in [0.05, 0.1) is 16.3 Å². The van der Waals surface area contributed by atoms with Crippen LogP contribution in [0.15, 0.2) is 0 Å². The van der Waals surface area contributed by atoms with Crippen molar-refractivity contribution in [1.29, 1.82) is 0 Å². The summed E-state index contributed by atoms with van der Waals surface area (Å²) in [6, 6.07) is -0.106. The van der Waals surface area contributed by atoms with Crippen LogP contribution < -0.4 is 5.32 Å². The second-order valence-corrected chi connectivity index (χ2v) is 9.89. The van der Waals surface area contributed by atoms with Crippen molar-refractivity contribution < 1.29 is 16.8 Å². The zero-order chi connectivity index (χ0) is 12.6. The van der Waals surface area contributed by atoms with Crippen LogP contribution in [-0.4, -0.2) is 51.9 Å². The highest BCUT2D eigenvalue weighted by molar-refractivity contribution is 7.92. The van der Waals surface area contributed by atoms with Crippen molar-refractivity contribution in [2.75, 3.05) is 24.3 Å². The highest BCUT2D eigenvalue weighted by atomic mass is 32.2. The monoisotopic (exact) mass is 269 g/mol. The second-order valence-electron chi connectivity index (χ2n) is 5.01. The normalized spacial score (nSPS) is 25.8. The van der Waals surface area contributed by atoms with Crippen LogP contribution in [0.3, 0.4) is 0 Å². The Labute approximate surface area is 97.5 Å². The first-order chi connectivity index (χ1) is 7.04. The van der Waals surface area contributed by atoms with Gasteiger partial charge in [0.1, 0.15) is 0 Å². The number of nitrogens with one attached hydrogen (secondary N) is 1. The Kier molecular flexibility index (Phi) is 3.71. The summed E-state index contributed by atoms with van der Waals surface area (Å²) < 4.78 is 44.4. The molecule has 0 spiro atoms. The second kappa shape index (κ2) is 4.27. The van der Waals surface area contributed by atoms with Gasteiger partial charge in [0.25, 0.3) is 0 Å². The lowest BCUT2D eigenvalue weighted by molar-refractivity contribution is 0.483. The van der Waals surface area contributed by atoms with Gasteiger partial charge in [-0.05, 0) is 20.3 Å². The summed E-state index contributed by atoms with van der Waals surface area (Å²) in [4.78, 5) is 0. The van der Waals surface area contributed by atoms with E-state index < -0.39 is 24.4 Å². The third kappa shape index (κ3) is 3.43. The molecular formula is C9H19NO4S2. The van der Waals surface area contributed by atoms with Gasteiger partial charge in [0, 0.05) is 18.8 Å². The molecule has 0 bridgehead atoms. The zero-order valence-corrected chi connectivity index (χ0v) is 11.5. The Morgan fingerprint density at radius 3 is 2.31 bits per heavy atom. The number of hydrogen-bond acceptors (Lipinski definition) is 5. The van der Waals surface area contributed by atoms with Crippen LogP contribution >= 0.6 is 0 Å². The third-order valence-corrected chi connectivity index (χ3v) is 6.97. The molecule has 0 aromatic rings. The van der Waals surface area contributed by atoms with Crippen molar-refractivity contribution in [2.45, 2.75) is 31.1 Å². The van der Waals surface area contributed by atoms with E-state index in [0.717, 1.165) is 0 Å². The summed E-state index contributed by atoms with van der Waals surface area (Å²) in [6.07, 6.45) is 1.77. The van der Waals surface area contributed by atoms with Gasteiger partial charge in [-0.15, -0.1) is 0 Å². The van der Waals surface area contributed by atoms with Gasteiger partial charge < -0.3 is 5.32 Å². The molecule has 1 rings (SSSR count). The molecule has 1 unspecified atom stereocenters. The predicted molar refractivity (Wildman–Crippen MR) is 64.0 cm³/mol. The molecule has 1 fully saturated rings. The number of rotatable bonds is 4. The minimum absolute atomic E-state index is 0.106. The molecule has 7 heteroatoms. The van der Waals surface area contributed by atoms with E-state index >= 15 is 0 Å². The van der Waals surface area contributed by atoms with E-state index in [1.165, 1.54) is 6.26 Å². The van der Waals surface area contributed by atoms with Crippen molar-refractivity contribution in [1.82, 2.24) is 5.32 Å². The molecule has 16 heavy (non-hydrogen) atoms. The van der Waals surface area contributed by atoms with Gasteiger partial charge >= 0.3 is 0 Å². The lowest BCUT2D eigenvalue weighted by atomic mass is 10.2. The Morgan fingerprint density at radius 1 is 1.38 bits per heavy atom. The summed E-state index contributed by atoms with van der Waals surface area (Å²) in [5.41, 5.74) is 0. The fraction of sp³-hybridized carbons (Fsp3) is 1.00. The molecule has 1 aliphatic heterocycles. The summed E-state index contributed by atoms with van der Waals surface area (Å²) in [7, 11) is -6.05. The van der Waals surface area contributed by atoms with Gasteiger partial charge in [-0.2, -0.15) is 0 Å². The molecule has 96 valence electrons. The van der Waals surface area contributed by atoms with Crippen LogP contribution in [0.4, 0.5) is 0 Å². The van der Waals surface area contributed by atoms with E-state index in [4.69, 9.17) is 0 Å². The molecule has 1 aliphatic rings. The van der Waals surface area contributed by atoms with E-state index in [-0.39, 0.29) is 24.1 Å². The maximum Gasteiger partial charge on any atom is 0.153 e. The highest BCUT2D eigenvalue weighted by Crippen LogP contribution is 2.16. The zero-order valence-electron chi connectivity index (χ0n) is 9.86. The standard InChI is InChI=1S/C9H19NO4S2/c1-9(2,15(3,11)12)7-10-8-4-5-16(13,14)6-8/h8,10H,4-7H2,1-3H3. The van der Waals surface area contributed by atoms with Gasteiger partial charge in [-0.25, -0.2) is 16.8 Å². The molecule has 1 atom stereocenters. The summed E-state index contributed by atoms with van der Waals surface area (Å²) in [5, 5.41) is 3.03. The first-order valence-electron chi connectivity index (χ1n) is 5.17. The minimum Gasteiger partial charge on any atom is -0.311 e. The van der Waals surface area contributed by atoms with Crippen LogP contribution in [0.25, 0.3) is 0 Å². The molecule has 0 radical (unpaired) electrons. The van der Waals surface area contributed by atoms with Crippen molar-refractivity contribution in [2.24, 2.45) is 0 Å². The van der Waals surface area contributed by atoms with Crippen molar-refractivity contribution in [3.8, 4) is 0 Å². The van der Waals surface area contributed by atoms with E-state index in [1.54, 1.807) is 13.8 Å². The van der Waals surface area contributed by atoms with Crippen molar-refractivity contribution in [3.05, 3.63) is 0 Å². The lowest BCUT2D eigenvalue weighted by Gasteiger charge is -2.24. The summed E-state index contributed by atoms with van der Waals surface area (Å²) in [6.45, 7) is 3.56. The van der Waals surface area contributed by atoms with Gasteiger partial charge in [0.2, 0.25) is 0 Å². The van der Waals surface area contributed by atoms with Crippen molar-refractivity contribution >= 4 is 19.7 Å². The summed E-state index contributed by atoms with van der Waals surface area (Å²) >= 11 is 0. The van der Waals surface area contributed by atoms with Gasteiger partial charge in [-0.3, -0.25) is 0 Å². The Hall–Kier alpha value is -0.140. The quantitative estimate of drug-likeness (QED) is 0.750. The maximum atomic E-state index is 11.4. The molecule has 0 aliphatic carbocycles. The lowest BCUT2D eigenvalue weighted by Crippen LogP contribution is -2.45. The highest BCUT2D eigenvalue weighted by Gasteiger charge is 2.33. The topological polar surface area (TPSA) is 80.3 Å². The van der Waals surface area contributed by atoms with E-state index in [0.29, 0.717) is 6.42 Å². The molecule has 1 saturated heterocycles.